The van der Waals surface area contributed by atoms with Gasteiger partial charge in [0.1, 0.15) is 5.75 Å². The molecule has 1 unspecified atom stereocenters. The fourth-order valence-electron chi connectivity index (χ4n) is 1.92. The van der Waals surface area contributed by atoms with Gasteiger partial charge in [-0.05, 0) is 55.8 Å². The van der Waals surface area contributed by atoms with E-state index < -0.39 is 18.0 Å². The van der Waals surface area contributed by atoms with E-state index in [2.05, 4.69) is 5.32 Å². The number of methoxy groups -OCH3 is 1. The summed E-state index contributed by atoms with van der Waals surface area (Å²) in [4.78, 5) is 24.2. The van der Waals surface area contributed by atoms with E-state index in [9.17, 15) is 9.59 Å². The van der Waals surface area contributed by atoms with E-state index in [1.807, 2.05) is 6.92 Å². The van der Waals surface area contributed by atoms with Crippen molar-refractivity contribution in [2.45, 2.75) is 20.0 Å². The van der Waals surface area contributed by atoms with Crippen molar-refractivity contribution in [1.29, 1.82) is 0 Å². The molecule has 0 aliphatic carbocycles. The summed E-state index contributed by atoms with van der Waals surface area (Å²) in [5, 5.41) is 3.22. The number of carbonyl (C=O) groups excluding carboxylic acids is 2. The van der Waals surface area contributed by atoms with Gasteiger partial charge in [0, 0.05) is 10.7 Å². The summed E-state index contributed by atoms with van der Waals surface area (Å²) >= 11 is 6.02. The topological polar surface area (TPSA) is 64.6 Å². The van der Waals surface area contributed by atoms with Crippen LogP contribution >= 0.6 is 11.6 Å². The van der Waals surface area contributed by atoms with Gasteiger partial charge in [-0.2, -0.15) is 0 Å². The number of nitrogens with one attached hydrogen (secondary N) is 1. The van der Waals surface area contributed by atoms with E-state index in [4.69, 9.17) is 21.1 Å². The minimum atomic E-state index is -0.945. The van der Waals surface area contributed by atoms with E-state index in [1.54, 1.807) is 42.5 Å². The third-order valence-corrected chi connectivity index (χ3v) is 3.83. The maximum atomic E-state index is 12.1. The molecular formula is C18H18ClNO4. The largest absolute Gasteiger partial charge is 0.497 e. The van der Waals surface area contributed by atoms with Crippen LogP contribution in [0.15, 0.2) is 42.5 Å². The summed E-state index contributed by atoms with van der Waals surface area (Å²) in [7, 11) is 1.54. The van der Waals surface area contributed by atoms with Crippen molar-refractivity contribution >= 4 is 29.2 Å². The molecule has 2 rings (SSSR count). The highest BCUT2D eigenvalue weighted by Crippen LogP contribution is 2.20. The first-order valence-electron chi connectivity index (χ1n) is 7.32. The molecule has 0 fully saturated rings. The lowest BCUT2D eigenvalue weighted by Crippen LogP contribution is -2.30. The molecule has 0 saturated carbocycles. The molecule has 6 heteroatoms. The molecule has 0 heterocycles. The Kier molecular flexibility index (Phi) is 5.82. The zero-order chi connectivity index (χ0) is 17.7. The molecule has 24 heavy (non-hydrogen) atoms. The number of ether oxygens (including phenoxy) is 2. The number of amides is 1. The summed E-state index contributed by atoms with van der Waals surface area (Å²) in [5.74, 6) is -0.382. The Morgan fingerprint density at radius 3 is 2.38 bits per heavy atom. The molecule has 2 aromatic rings. The van der Waals surface area contributed by atoms with Crippen molar-refractivity contribution in [1.82, 2.24) is 0 Å². The average molecular weight is 348 g/mol. The second-order valence-electron chi connectivity index (χ2n) is 5.23. The minimum absolute atomic E-state index is 0.342. The maximum Gasteiger partial charge on any atom is 0.338 e. The van der Waals surface area contributed by atoms with Crippen molar-refractivity contribution in [2.24, 2.45) is 0 Å². The summed E-state index contributed by atoms with van der Waals surface area (Å²) in [6.07, 6.45) is -0.945. The number of anilines is 1. The number of benzene rings is 2. The first kappa shape index (κ1) is 17.8. The van der Waals surface area contributed by atoms with Gasteiger partial charge in [0.05, 0.1) is 12.7 Å². The molecule has 0 aliphatic heterocycles. The van der Waals surface area contributed by atoms with Gasteiger partial charge >= 0.3 is 5.97 Å². The fraction of sp³-hybridized carbons (Fsp3) is 0.222. The summed E-state index contributed by atoms with van der Waals surface area (Å²) in [5.41, 5.74) is 1.80. The lowest BCUT2D eigenvalue weighted by Gasteiger charge is -2.14. The summed E-state index contributed by atoms with van der Waals surface area (Å²) in [6.45, 7) is 3.37. The zero-order valence-corrected chi connectivity index (χ0v) is 14.4. The van der Waals surface area contributed by atoms with Crippen LogP contribution in [0.2, 0.25) is 5.02 Å². The van der Waals surface area contributed by atoms with Gasteiger partial charge in [0.2, 0.25) is 0 Å². The van der Waals surface area contributed by atoms with Crippen molar-refractivity contribution in [3.63, 3.8) is 0 Å². The van der Waals surface area contributed by atoms with Gasteiger partial charge in [0.25, 0.3) is 5.91 Å². The van der Waals surface area contributed by atoms with E-state index >= 15 is 0 Å². The predicted molar refractivity (Wildman–Crippen MR) is 92.7 cm³/mol. The second-order valence-corrected chi connectivity index (χ2v) is 5.64. The molecular weight excluding hydrogens is 330 g/mol. The lowest BCUT2D eigenvalue weighted by atomic mass is 10.2. The van der Waals surface area contributed by atoms with E-state index in [1.165, 1.54) is 14.0 Å². The Hall–Kier alpha value is -2.53. The van der Waals surface area contributed by atoms with E-state index in [-0.39, 0.29) is 0 Å². The van der Waals surface area contributed by atoms with Crippen LogP contribution in [-0.4, -0.2) is 25.1 Å². The van der Waals surface area contributed by atoms with Crippen molar-refractivity contribution in [3.05, 3.63) is 58.6 Å². The zero-order valence-electron chi connectivity index (χ0n) is 13.6. The number of carbonyl (C=O) groups is 2. The standard InChI is InChI=1S/C18H18ClNO4/c1-11-4-7-14(10-16(11)19)20-17(21)12(2)24-18(22)13-5-8-15(23-3)9-6-13/h4-10,12H,1-3H3,(H,20,21). The predicted octanol–water partition coefficient (Wildman–Crippen LogP) is 3.84. The number of esters is 1. The molecule has 0 spiro atoms. The van der Waals surface area contributed by atoms with E-state index in [0.717, 1.165) is 5.56 Å². The number of hydrogen-bond donors (Lipinski definition) is 1. The maximum absolute atomic E-state index is 12.1. The highest BCUT2D eigenvalue weighted by molar-refractivity contribution is 6.31. The normalized spacial score (nSPS) is 11.5. The Bertz CT molecular complexity index is 743. The SMILES string of the molecule is COc1ccc(C(=O)OC(C)C(=O)Nc2ccc(C)c(Cl)c2)cc1. The molecule has 0 radical (unpaired) electrons. The Labute approximate surface area is 145 Å². The number of hydrogen-bond acceptors (Lipinski definition) is 4. The first-order valence-corrected chi connectivity index (χ1v) is 7.70. The molecule has 5 nitrogen and oxygen atoms in total. The molecule has 0 aromatic heterocycles. The molecule has 0 saturated heterocycles. The van der Waals surface area contributed by atoms with Crippen LogP contribution in [0.1, 0.15) is 22.8 Å². The molecule has 1 atom stereocenters. The quantitative estimate of drug-likeness (QED) is 0.834. The summed E-state index contributed by atoms with van der Waals surface area (Å²) < 4.78 is 10.2. The second kappa shape index (κ2) is 7.84. The molecule has 2 aromatic carbocycles. The van der Waals surface area contributed by atoms with Crippen LogP contribution < -0.4 is 10.1 Å². The molecule has 1 amide bonds. The lowest BCUT2D eigenvalue weighted by molar-refractivity contribution is -0.123. The van der Waals surface area contributed by atoms with E-state index in [0.29, 0.717) is 22.0 Å². The van der Waals surface area contributed by atoms with Gasteiger partial charge in [0.15, 0.2) is 6.10 Å². The van der Waals surface area contributed by atoms with Gasteiger partial charge in [-0.3, -0.25) is 4.79 Å². The molecule has 0 bridgehead atoms. The fourth-order valence-corrected chi connectivity index (χ4v) is 2.10. The Balaban J connectivity index is 1.97. The highest BCUT2D eigenvalue weighted by atomic mass is 35.5. The van der Waals surface area contributed by atoms with Crippen LogP contribution in [0.5, 0.6) is 5.75 Å². The summed E-state index contributed by atoms with van der Waals surface area (Å²) in [6, 6.07) is 11.6. The number of halogens is 1. The van der Waals surface area contributed by atoms with Gasteiger partial charge in [-0.15, -0.1) is 0 Å². The Morgan fingerprint density at radius 1 is 1.12 bits per heavy atom. The monoisotopic (exact) mass is 347 g/mol. The van der Waals surface area contributed by atoms with Crippen molar-refractivity contribution in [3.8, 4) is 5.75 Å². The highest BCUT2D eigenvalue weighted by Gasteiger charge is 2.19. The third kappa shape index (κ3) is 4.49. The van der Waals surface area contributed by atoms with Crippen LogP contribution in [0.4, 0.5) is 5.69 Å². The van der Waals surface area contributed by atoms with Crippen LogP contribution in [-0.2, 0) is 9.53 Å². The van der Waals surface area contributed by atoms with Gasteiger partial charge in [-0.25, -0.2) is 4.79 Å². The smallest absolute Gasteiger partial charge is 0.338 e. The van der Waals surface area contributed by atoms with Gasteiger partial charge < -0.3 is 14.8 Å². The van der Waals surface area contributed by atoms with Crippen LogP contribution in [0.3, 0.4) is 0 Å². The molecule has 126 valence electrons. The number of rotatable bonds is 5. The van der Waals surface area contributed by atoms with Crippen LogP contribution in [0, 0.1) is 6.92 Å². The van der Waals surface area contributed by atoms with Crippen molar-refractivity contribution < 1.29 is 19.1 Å². The van der Waals surface area contributed by atoms with Crippen LogP contribution in [0.25, 0.3) is 0 Å². The minimum Gasteiger partial charge on any atom is -0.497 e. The van der Waals surface area contributed by atoms with Crippen molar-refractivity contribution in [2.75, 3.05) is 12.4 Å². The first-order chi connectivity index (χ1) is 11.4. The Morgan fingerprint density at radius 2 is 1.79 bits per heavy atom. The molecule has 1 N–H and O–H groups in total. The number of aryl methyl sites for hydroxylation is 1. The third-order valence-electron chi connectivity index (χ3n) is 3.42. The average Bonchev–Trinajstić information content (AvgIpc) is 2.58. The molecule has 0 aliphatic rings. The van der Waals surface area contributed by atoms with Gasteiger partial charge in [-0.1, -0.05) is 17.7 Å².